The molecule has 2 atom stereocenters. The molecule has 8 heteroatoms. The van der Waals surface area contributed by atoms with Crippen LogP contribution < -0.4 is 21.3 Å². The number of fused-ring (bicyclic) bond motifs is 1. The average Bonchev–Trinajstić information content (AvgIpc) is 3.01. The Kier molecular flexibility index (Phi) is 4.31. The van der Waals surface area contributed by atoms with E-state index in [2.05, 4.69) is 21.3 Å². The Labute approximate surface area is 133 Å². The Balaban J connectivity index is 1.40. The molecular formula is C15H19N5O3. The number of nitrogens with one attached hydrogen (secondary N) is 4. The zero-order chi connectivity index (χ0) is 16.2. The average molecular weight is 317 g/mol. The third-order valence-corrected chi connectivity index (χ3v) is 3.92. The second kappa shape index (κ2) is 6.55. The molecule has 3 rings (SSSR count). The van der Waals surface area contributed by atoms with Crippen LogP contribution in [0, 0.1) is 0 Å². The van der Waals surface area contributed by atoms with Gasteiger partial charge in [-0.3, -0.25) is 9.69 Å². The summed E-state index contributed by atoms with van der Waals surface area (Å²) in [5, 5.41) is 10.7. The first-order valence-electron chi connectivity index (χ1n) is 7.58. The minimum absolute atomic E-state index is 0.116. The van der Waals surface area contributed by atoms with Crippen LogP contribution >= 0.6 is 0 Å². The fourth-order valence-electron chi connectivity index (χ4n) is 2.74. The minimum atomic E-state index is -0.438. The van der Waals surface area contributed by atoms with Gasteiger partial charge in [-0.25, -0.2) is 9.59 Å². The Hall–Kier alpha value is -2.77. The smallest absolute Gasteiger partial charge is 0.320 e. The van der Waals surface area contributed by atoms with Crippen molar-refractivity contribution in [3.63, 3.8) is 0 Å². The number of carbonyl (C=O) groups is 3. The zero-order valence-electron chi connectivity index (χ0n) is 12.5. The van der Waals surface area contributed by atoms with Crippen LogP contribution in [0.4, 0.5) is 9.59 Å². The first-order chi connectivity index (χ1) is 11.1. The number of rotatable bonds is 6. The molecular weight excluding hydrogens is 298 g/mol. The first kappa shape index (κ1) is 15.1. The Morgan fingerprint density at radius 2 is 1.91 bits per heavy atom. The summed E-state index contributed by atoms with van der Waals surface area (Å²) in [7, 11) is 0. The number of hydrogen-bond acceptors (Lipinski definition) is 3. The number of nitrogens with zero attached hydrogens (tertiary/aromatic N) is 1. The number of benzene rings is 1. The van der Waals surface area contributed by atoms with E-state index >= 15 is 0 Å². The van der Waals surface area contributed by atoms with Gasteiger partial charge in [0.25, 0.3) is 0 Å². The van der Waals surface area contributed by atoms with Gasteiger partial charge >= 0.3 is 12.1 Å². The predicted octanol–water partition coefficient (Wildman–Crippen LogP) is -0.274. The van der Waals surface area contributed by atoms with Crippen molar-refractivity contribution < 1.29 is 14.4 Å². The maximum atomic E-state index is 11.9. The molecule has 1 aromatic rings. The van der Waals surface area contributed by atoms with Gasteiger partial charge in [-0.15, -0.1) is 0 Å². The summed E-state index contributed by atoms with van der Waals surface area (Å²) in [6.45, 7) is 0.811. The van der Waals surface area contributed by atoms with E-state index in [1.807, 2.05) is 30.3 Å². The normalized spacial score (nSPS) is 22.2. The molecule has 0 bridgehead atoms. The fourth-order valence-corrected chi connectivity index (χ4v) is 2.74. The van der Waals surface area contributed by atoms with Gasteiger partial charge in [0.05, 0.1) is 0 Å². The van der Waals surface area contributed by atoms with Crippen LogP contribution in [-0.2, 0) is 11.2 Å². The standard InChI is InChI=1S/C15H19N5O3/c21-11(16-8-6-10-4-2-1-3-5-10)7-9-20-13-12(18-15(20)23)17-14(22)19-13/h1-5,12-13H,6-9H2,(H,16,21)(H,18,23)(H2,17,19,22). The monoisotopic (exact) mass is 317 g/mol. The highest BCUT2D eigenvalue weighted by Crippen LogP contribution is 2.14. The second-order valence-electron chi connectivity index (χ2n) is 5.52. The van der Waals surface area contributed by atoms with E-state index in [1.165, 1.54) is 4.90 Å². The molecule has 2 aliphatic rings. The molecule has 2 unspecified atom stereocenters. The summed E-state index contributed by atoms with van der Waals surface area (Å²) in [6.07, 6.45) is 0.0891. The summed E-state index contributed by atoms with van der Waals surface area (Å²) in [4.78, 5) is 36.4. The molecule has 2 aliphatic heterocycles. The van der Waals surface area contributed by atoms with Gasteiger partial charge in [-0.05, 0) is 12.0 Å². The molecule has 2 fully saturated rings. The van der Waals surface area contributed by atoms with Crippen molar-refractivity contribution in [3.8, 4) is 0 Å². The fraction of sp³-hybridized carbons (Fsp3) is 0.400. The summed E-state index contributed by atoms with van der Waals surface area (Å²) < 4.78 is 0. The molecule has 23 heavy (non-hydrogen) atoms. The minimum Gasteiger partial charge on any atom is -0.356 e. The van der Waals surface area contributed by atoms with Crippen LogP contribution in [-0.4, -0.2) is 48.3 Å². The summed E-state index contributed by atoms with van der Waals surface area (Å²) >= 11 is 0. The molecule has 0 saturated carbocycles. The highest BCUT2D eigenvalue weighted by atomic mass is 16.2. The molecule has 2 heterocycles. The Morgan fingerprint density at radius 1 is 1.13 bits per heavy atom. The number of urea groups is 2. The Morgan fingerprint density at radius 3 is 2.70 bits per heavy atom. The van der Waals surface area contributed by atoms with Crippen molar-refractivity contribution >= 4 is 18.0 Å². The van der Waals surface area contributed by atoms with Crippen molar-refractivity contribution in [2.75, 3.05) is 13.1 Å². The number of hydrogen-bond donors (Lipinski definition) is 4. The van der Waals surface area contributed by atoms with Gasteiger partial charge in [0.15, 0.2) is 0 Å². The molecule has 2 saturated heterocycles. The Bertz CT molecular complexity index is 606. The van der Waals surface area contributed by atoms with Crippen LogP contribution in [0.3, 0.4) is 0 Å². The molecule has 5 amide bonds. The topological polar surface area (TPSA) is 103 Å². The lowest BCUT2D eigenvalue weighted by molar-refractivity contribution is -0.121. The van der Waals surface area contributed by atoms with Gasteiger partial charge in [0, 0.05) is 19.5 Å². The van der Waals surface area contributed by atoms with Crippen molar-refractivity contribution in [1.29, 1.82) is 0 Å². The van der Waals surface area contributed by atoms with Crippen LogP contribution in [0.2, 0.25) is 0 Å². The van der Waals surface area contributed by atoms with E-state index in [1.54, 1.807) is 0 Å². The number of amides is 5. The van der Waals surface area contributed by atoms with E-state index in [9.17, 15) is 14.4 Å². The van der Waals surface area contributed by atoms with E-state index < -0.39 is 12.3 Å². The van der Waals surface area contributed by atoms with Gasteiger partial charge < -0.3 is 21.3 Å². The molecule has 0 aromatic heterocycles. The second-order valence-corrected chi connectivity index (χ2v) is 5.52. The summed E-state index contributed by atoms with van der Waals surface area (Å²) in [6, 6.07) is 9.29. The third kappa shape index (κ3) is 3.53. The van der Waals surface area contributed by atoms with Gasteiger partial charge in [0.1, 0.15) is 12.3 Å². The van der Waals surface area contributed by atoms with E-state index in [4.69, 9.17) is 0 Å². The van der Waals surface area contributed by atoms with Crippen molar-refractivity contribution in [2.45, 2.75) is 25.2 Å². The SMILES string of the molecule is O=C(CCN1C(=O)NC2NC(=O)NC21)NCCc1ccccc1. The van der Waals surface area contributed by atoms with Crippen molar-refractivity contribution in [2.24, 2.45) is 0 Å². The van der Waals surface area contributed by atoms with E-state index in [-0.39, 0.29) is 30.9 Å². The molecule has 0 aliphatic carbocycles. The largest absolute Gasteiger partial charge is 0.356 e. The van der Waals surface area contributed by atoms with Crippen molar-refractivity contribution in [1.82, 2.24) is 26.2 Å². The third-order valence-electron chi connectivity index (χ3n) is 3.92. The molecule has 1 aromatic carbocycles. The van der Waals surface area contributed by atoms with Gasteiger partial charge in [0.2, 0.25) is 5.91 Å². The van der Waals surface area contributed by atoms with E-state index in [0.29, 0.717) is 6.54 Å². The first-order valence-corrected chi connectivity index (χ1v) is 7.58. The van der Waals surface area contributed by atoms with Gasteiger partial charge in [-0.1, -0.05) is 30.3 Å². The quantitative estimate of drug-likeness (QED) is 0.580. The highest BCUT2D eigenvalue weighted by molar-refractivity contribution is 5.85. The maximum absolute atomic E-state index is 11.9. The summed E-state index contributed by atoms with van der Waals surface area (Å²) in [5.74, 6) is -0.116. The summed E-state index contributed by atoms with van der Waals surface area (Å²) in [5.41, 5.74) is 1.16. The van der Waals surface area contributed by atoms with Crippen LogP contribution in [0.1, 0.15) is 12.0 Å². The lowest BCUT2D eigenvalue weighted by Crippen LogP contribution is -2.45. The van der Waals surface area contributed by atoms with Crippen molar-refractivity contribution in [3.05, 3.63) is 35.9 Å². The van der Waals surface area contributed by atoms with Crippen LogP contribution in [0.15, 0.2) is 30.3 Å². The molecule has 8 nitrogen and oxygen atoms in total. The molecule has 4 N–H and O–H groups in total. The van der Waals surface area contributed by atoms with Gasteiger partial charge in [-0.2, -0.15) is 0 Å². The lowest BCUT2D eigenvalue weighted by atomic mass is 10.1. The predicted molar refractivity (Wildman–Crippen MR) is 82.3 cm³/mol. The highest BCUT2D eigenvalue weighted by Gasteiger charge is 2.45. The molecule has 122 valence electrons. The lowest BCUT2D eigenvalue weighted by Gasteiger charge is -2.20. The maximum Gasteiger partial charge on any atom is 0.320 e. The zero-order valence-corrected chi connectivity index (χ0v) is 12.5. The molecule has 0 radical (unpaired) electrons. The van der Waals surface area contributed by atoms with E-state index in [0.717, 1.165) is 12.0 Å². The number of carbonyl (C=O) groups excluding carboxylic acids is 3. The molecule has 0 spiro atoms. The van der Waals surface area contributed by atoms with Crippen LogP contribution in [0.25, 0.3) is 0 Å². The van der Waals surface area contributed by atoms with Crippen LogP contribution in [0.5, 0.6) is 0 Å².